The zero-order valence-corrected chi connectivity index (χ0v) is 7.10. The molecule has 14 heavy (non-hydrogen) atoms. The molecule has 0 radical (unpaired) electrons. The number of aliphatic carboxylic acids is 1. The van der Waals surface area contributed by atoms with Gasteiger partial charge in [0.25, 0.3) is 0 Å². The Balaban J connectivity index is 0. The van der Waals surface area contributed by atoms with Gasteiger partial charge in [-0.05, 0) is 12.0 Å². The summed E-state index contributed by atoms with van der Waals surface area (Å²) in [5, 5.41) is 8.52. The first-order valence-electron chi connectivity index (χ1n) is 3.72. The van der Waals surface area contributed by atoms with E-state index in [9.17, 15) is 4.79 Å². The molecule has 0 saturated heterocycles. The molecule has 5 heteroatoms. The van der Waals surface area contributed by atoms with Crippen LogP contribution in [-0.4, -0.2) is 60.3 Å². The van der Waals surface area contributed by atoms with E-state index in [-0.39, 0.29) is 43.2 Å². The van der Waals surface area contributed by atoms with Gasteiger partial charge >= 0.3 is 43.7 Å². The van der Waals surface area contributed by atoms with Crippen molar-refractivity contribution in [1.29, 1.82) is 0 Å². The molecule has 0 aliphatic carbocycles. The third-order valence-electron chi connectivity index (χ3n) is 1.62. The van der Waals surface area contributed by atoms with Crippen molar-refractivity contribution in [3.05, 3.63) is 35.9 Å². The van der Waals surface area contributed by atoms with E-state index in [1.807, 2.05) is 30.3 Å². The Morgan fingerprint density at radius 2 is 1.86 bits per heavy atom. The average Bonchev–Trinajstić information content (AvgIpc) is 2.06. The quantitative estimate of drug-likeness (QED) is 0.639. The van der Waals surface area contributed by atoms with Crippen molar-refractivity contribution in [3.63, 3.8) is 0 Å². The summed E-state index contributed by atoms with van der Waals surface area (Å²) in [4.78, 5) is 10.4. The van der Waals surface area contributed by atoms with E-state index >= 15 is 0 Å². The number of carbonyl (C=O) groups is 1. The van der Waals surface area contributed by atoms with Crippen molar-refractivity contribution in [2.24, 2.45) is 5.73 Å². The summed E-state index contributed by atoms with van der Waals surface area (Å²) in [7, 11) is 0. The molecule has 1 aromatic rings. The Morgan fingerprint density at radius 3 is 2.29 bits per heavy atom. The Kier molecular flexibility index (Phi) is 9.55. The van der Waals surface area contributed by atoms with Crippen molar-refractivity contribution in [2.45, 2.75) is 12.5 Å². The molecule has 0 fully saturated rings. The van der Waals surface area contributed by atoms with Crippen LogP contribution in [0.3, 0.4) is 0 Å². The summed E-state index contributed by atoms with van der Waals surface area (Å²) in [5.41, 5.74) is 6.30. The van der Waals surface area contributed by atoms with Crippen LogP contribution in [-0.2, 0) is 11.2 Å². The van der Waals surface area contributed by atoms with E-state index in [0.29, 0.717) is 6.42 Å². The van der Waals surface area contributed by atoms with E-state index in [4.69, 9.17) is 10.8 Å². The molecule has 76 valence electrons. The van der Waals surface area contributed by atoms with Crippen molar-refractivity contribution < 1.29 is 15.4 Å². The topological polar surface area (TPSA) is 94.8 Å². The van der Waals surface area contributed by atoms with Crippen LogP contribution < -0.4 is 5.73 Å². The van der Waals surface area contributed by atoms with Crippen LogP contribution in [0.4, 0.5) is 0 Å². The van der Waals surface area contributed by atoms with Gasteiger partial charge in [0, 0.05) is 0 Å². The van der Waals surface area contributed by atoms with E-state index in [1.54, 1.807) is 0 Å². The first-order chi connectivity index (χ1) is 5.70. The fourth-order valence-electron chi connectivity index (χ4n) is 0.955. The van der Waals surface area contributed by atoms with Crippen molar-refractivity contribution >= 4 is 43.7 Å². The number of rotatable bonds is 3. The van der Waals surface area contributed by atoms with Crippen LogP contribution in [0.15, 0.2) is 30.3 Å². The van der Waals surface area contributed by atoms with E-state index in [0.717, 1.165) is 5.56 Å². The molecule has 0 spiro atoms. The Hall–Kier alpha value is -0.130. The maximum absolute atomic E-state index is 10.4. The Bertz CT molecular complexity index is 266. The van der Waals surface area contributed by atoms with Gasteiger partial charge in [-0.15, -0.1) is 0 Å². The second-order valence-corrected chi connectivity index (χ2v) is 2.63. The van der Waals surface area contributed by atoms with Crippen molar-refractivity contribution in [2.75, 3.05) is 0 Å². The van der Waals surface area contributed by atoms with Gasteiger partial charge in [-0.2, -0.15) is 0 Å². The molecule has 1 rings (SSSR count). The minimum absolute atomic E-state index is 0. The van der Waals surface area contributed by atoms with Crippen molar-refractivity contribution in [3.8, 4) is 0 Å². The van der Waals surface area contributed by atoms with Gasteiger partial charge in [-0.3, -0.25) is 4.79 Å². The first kappa shape index (κ1) is 16.3. The van der Waals surface area contributed by atoms with Crippen LogP contribution in [0.1, 0.15) is 5.56 Å². The first-order valence-corrected chi connectivity index (χ1v) is 3.72. The summed E-state index contributed by atoms with van der Waals surface area (Å²) in [6.07, 6.45) is 0.385. The maximum atomic E-state index is 10.4. The van der Waals surface area contributed by atoms with E-state index < -0.39 is 12.0 Å². The molecule has 0 aliphatic heterocycles. The molecule has 0 aromatic heterocycles. The number of benzene rings is 1. The molecule has 1 aromatic carbocycles. The molecule has 5 N–H and O–H groups in total. The summed E-state index contributed by atoms with van der Waals surface area (Å²) < 4.78 is 0. The number of carboxylic acids is 1. The minimum atomic E-state index is -0.959. The van der Waals surface area contributed by atoms with Crippen LogP contribution in [0.5, 0.6) is 0 Å². The average molecular weight is 225 g/mol. The molecule has 0 unspecified atom stereocenters. The van der Waals surface area contributed by atoms with Crippen LogP contribution in [0.2, 0.25) is 0 Å². The monoisotopic (exact) mass is 225 g/mol. The Morgan fingerprint density at radius 1 is 1.36 bits per heavy atom. The third kappa shape index (κ3) is 5.57. The van der Waals surface area contributed by atoms with Gasteiger partial charge in [-0.1, -0.05) is 30.3 Å². The standard InChI is InChI=1S/C9H11NO2.Ca.H2O.2H/c10-8(9(11)12)6-7-4-2-1-3-5-7;;;;/h1-5,8H,6,10H2,(H,11,12);;1H2;;/t8-;;;;/m0..../s1. The summed E-state index contributed by atoms with van der Waals surface area (Å²) in [6, 6.07) is 8.54. The zero-order valence-electron chi connectivity index (χ0n) is 7.10. The molecular weight excluding hydrogens is 210 g/mol. The number of hydrogen-bond donors (Lipinski definition) is 2. The van der Waals surface area contributed by atoms with Gasteiger partial charge in [0.15, 0.2) is 0 Å². The van der Waals surface area contributed by atoms with Gasteiger partial charge < -0.3 is 16.3 Å². The third-order valence-corrected chi connectivity index (χ3v) is 1.62. The predicted octanol–water partition coefficient (Wildman–Crippen LogP) is -1.10. The number of nitrogens with two attached hydrogens (primary N) is 1. The van der Waals surface area contributed by atoms with Crippen molar-refractivity contribution in [1.82, 2.24) is 0 Å². The number of carboxylic acid groups (broad SMARTS) is 1. The molecular formula is C9H15CaNO3. The van der Waals surface area contributed by atoms with Gasteiger partial charge in [0.1, 0.15) is 6.04 Å². The fraction of sp³-hybridized carbons (Fsp3) is 0.222. The van der Waals surface area contributed by atoms with Gasteiger partial charge in [0.05, 0.1) is 0 Å². The van der Waals surface area contributed by atoms with Crippen LogP contribution in [0, 0.1) is 0 Å². The SMILES string of the molecule is N[C@@H](Cc1ccccc1)C(=O)O.O.[CaH2]. The summed E-state index contributed by atoms with van der Waals surface area (Å²) >= 11 is 0. The van der Waals surface area contributed by atoms with E-state index in [2.05, 4.69) is 0 Å². The molecule has 0 amide bonds. The summed E-state index contributed by atoms with van der Waals surface area (Å²) in [5.74, 6) is -0.959. The molecule has 0 bridgehead atoms. The molecule has 0 saturated carbocycles. The van der Waals surface area contributed by atoms with E-state index in [1.165, 1.54) is 0 Å². The van der Waals surface area contributed by atoms with Gasteiger partial charge in [-0.25, -0.2) is 0 Å². The van der Waals surface area contributed by atoms with Crippen LogP contribution >= 0.6 is 0 Å². The normalized spacial score (nSPS) is 10.6. The second-order valence-electron chi connectivity index (χ2n) is 2.63. The molecule has 1 atom stereocenters. The van der Waals surface area contributed by atoms with Gasteiger partial charge in [0.2, 0.25) is 0 Å². The molecule has 4 nitrogen and oxygen atoms in total. The van der Waals surface area contributed by atoms with Crippen LogP contribution in [0.25, 0.3) is 0 Å². The number of hydrogen-bond acceptors (Lipinski definition) is 2. The second kappa shape index (κ2) is 8.20. The molecule has 0 heterocycles. The Labute approximate surface area is 112 Å². The fourth-order valence-corrected chi connectivity index (χ4v) is 0.955. The summed E-state index contributed by atoms with van der Waals surface area (Å²) in [6.45, 7) is 0. The zero-order chi connectivity index (χ0) is 8.97. The molecule has 0 aliphatic rings. The predicted molar refractivity (Wildman–Crippen MR) is 57.9 cm³/mol.